The summed E-state index contributed by atoms with van der Waals surface area (Å²) >= 11 is 1.37. The van der Waals surface area contributed by atoms with Crippen molar-refractivity contribution in [2.45, 2.75) is 23.2 Å². The molecule has 164 valence electrons. The highest BCUT2D eigenvalue weighted by Gasteiger charge is 2.30. The molecule has 0 bridgehead atoms. The molecule has 5 nitrogen and oxygen atoms in total. The molecule has 3 aromatic carbocycles. The van der Waals surface area contributed by atoms with Crippen molar-refractivity contribution < 1.29 is 4.79 Å². The van der Waals surface area contributed by atoms with E-state index in [2.05, 4.69) is 10.2 Å². The van der Waals surface area contributed by atoms with E-state index in [9.17, 15) is 4.79 Å². The Bertz CT molecular complexity index is 1210. The molecule has 1 fully saturated rings. The van der Waals surface area contributed by atoms with Gasteiger partial charge < -0.3 is 4.90 Å². The Hall–Kier alpha value is -3.51. The maximum absolute atomic E-state index is 13.4. The molecule has 1 saturated heterocycles. The minimum atomic E-state index is -0.405. The average Bonchev–Trinajstić information content (AvgIpc) is 3.44. The molecule has 1 aliphatic rings. The van der Waals surface area contributed by atoms with Crippen molar-refractivity contribution in [2.75, 3.05) is 13.1 Å². The number of thioether (sulfide) groups is 1. The Morgan fingerprint density at radius 3 is 1.88 bits per heavy atom. The Morgan fingerprint density at radius 2 is 1.27 bits per heavy atom. The van der Waals surface area contributed by atoms with Crippen molar-refractivity contribution in [2.24, 2.45) is 0 Å². The fourth-order valence-electron chi connectivity index (χ4n) is 4.05. The van der Waals surface area contributed by atoms with Crippen molar-refractivity contribution in [3.8, 4) is 22.5 Å². The molecular formula is C27H24N4OS. The SMILES string of the molecule is O=C(C(Sc1nnc(-c2ccccc2)c(-c2ccccc2)n1)c1ccccc1)N1CCCC1. The fraction of sp³-hybridized carbons (Fsp3) is 0.185. The lowest BCUT2D eigenvalue weighted by Crippen LogP contribution is -2.31. The van der Waals surface area contributed by atoms with Gasteiger partial charge in [-0.1, -0.05) is 103 Å². The average molecular weight is 453 g/mol. The van der Waals surface area contributed by atoms with Crippen molar-refractivity contribution in [3.05, 3.63) is 96.6 Å². The number of aromatic nitrogens is 3. The molecule has 0 aliphatic carbocycles. The molecule has 1 aromatic heterocycles. The summed E-state index contributed by atoms with van der Waals surface area (Å²) in [4.78, 5) is 20.3. The standard InChI is InChI=1S/C27H24N4OS/c32-26(31-18-10-11-19-31)25(22-16-8-3-9-17-22)33-27-28-23(20-12-4-1-5-13-20)24(29-30-27)21-14-6-2-7-15-21/h1-9,12-17,25H,10-11,18-19H2. The van der Waals surface area contributed by atoms with Crippen molar-refractivity contribution in [1.29, 1.82) is 0 Å². The van der Waals surface area contributed by atoms with Crippen LogP contribution in [0.15, 0.2) is 96.2 Å². The smallest absolute Gasteiger partial charge is 0.240 e. The number of amides is 1. The zero-order valence-corrected chi connectivity index (χ0v) is 19.0. The monoisotopic (exact) mass is 452 g/mol. The van der Waals surface area contributed by atoms with E-state index in [-0.39, 0.29) is 5.91 Å². The van der Waals surface area contributed by atoms with E-state index in [1.165, 1.54) is 11.8 Å². The second kappa shape index (κ2) is 9.96. The fourth-order valence-corrected chi connectivity index (χ4v) is 5.03. The van der Waals surface area contributed by atoms with E-state index in [4.69, 9.17) is 4.98 Å². The number of likely N-dealkylation sites (tertiary alicyclic amines) is 1. The third-order valence-corrected chi connectivity index (χ3v) is 6.82. The van der Waals surface area contributed by atoms with Crippen LogP contribution in [0.1, 0.15) is 23.7 Å². The van der Waals surface area contributed by atoms with Crippen LogP contribution in [0.25, 0.3) is 22.5 Å². The second-order valence-electron chi connectivity index (χ2n) is 7.96. The van der Waals surface area contributed by atoms with Gasteiger partial charge in [0, 0.05) is 24.2 Å². The highest BCUT2D eigenvalue weighted by Crippen LogP contribution is 2.37. The first-order valence-electron chi connectivity index (χ1n) is 11.2. The first-order chi connectivity index (χ1) is 16.3. The Balaban J connectivity index is 1.54. The third kappa shape index (κ3) is 4.81. The molecule has 4 aromatic rings. The van der Waals surface area contributed by atoms with Crippen LogP contribution < -0.4 is 0 Å². The van der Waals surface area contributed by atoms with Crippen LogP contribution in [0.2, 0.25) is 0 Å². The Kier molecular flexibility index (Phi) is 6.44. The summed E-state index contributed by atoms with van der Waals surface area (Å²) in [6.07, 6.45) is 2.11. The Labute approximate surface area is 197 Å². The summed E-state index contributed by atoms with van der Waals surface area (Å²) in [5.74, 6) is 0.112. The quantitative estimate of drug-likeness (QED) is 0.353. The molecule has 0 N–H and O–H groups in total. The van der Waals surface area contributed by atoms with Crippen LogP contribution in [-0.2, 0) is 4.79 Å². The molecule has 1 aliphatic heterocycles. The van der Waals surface area contributed by atoms with E-state index < -0.39 is 5.25 Å². The molecule has 0 spiro atoms. The zero-order valence-electron chi connectivity index (χ0n) is 18.2. The molecular weight excluding hydrogens is 428 g/mol. The topological polar surface area (TPSA) is 59.0 Å². The van der Waals surface area contributed by atoms with Gasteiger partial charge in [0.25, 0.3) is 0 Å². The van der Waals surface area contributed by atoms with Gasteiger partial charge >= 0.3 is 0 Å². The number of rotatable bonds is 6. The number of benzene rings is 3. The van der Waals surface area contributed by atoms with E-state index >= 15 is 0 Å². The number of hydrogen-bond acceptors (Lipinski definition) is 5. The van der Waals surface area contributed by atoms with Gasteiger partial charge in [0.15, 0.2) is 0 Å². The molecule has 2 heterocycles. The van der Waals surface area contributed by atoms with Crippen LogP contribution in [0.3, 0.4) is 0 Å². The van der Waals surface area contributed by atoms with Crippen molar-refractivity contribution in [1.82, 2.24) is 20.1 Å². The molecule has 0 radical (unpaired) electrons. The third-order valence-electron chi connectivity index (χ3n) is 5.73. The normalized spacial score (nSPS) is 14.2. The molecule has 1 atom stereocenters. The van der Waals surface area contributed by atoms with E-state index in [0.29, 0.717) is 5.16 Å². The van der Waals surface area contributed by atoms with Gasteiger partial charge in [0.1, 0.15) is 16.6 Å². The van der Waals surface area contributed by atoms with Gasteiger partial charge in [-0.05, 0) is 18.4 Å². The highest BCUT2D eigenvalue weighted by molar-refractivity contribution is 8.00. The molecule has 1 amide bonds. The number of nitrogens with zero attached hydrogens (tertiary/aromatic N) is 4. The van der Waals surface area contributed by atoms with Gasteiger partial charge in [-0.2, -0.15) is 0 Å². The van der Waals surface area contributed by atoms with E-state index in [0.717, 1.165) is 54.0 Å². The summed E-state index contributed by atoms with van der Waals surface area (Å²) in [5, 5.41) is 9.11. The van der Waals surface area contributed by atoms with Gasteiger partial charge in [0.2, 0.25) is 11.1 Å². The van der Waals surface area contributed by atoms with Crippen LogP contribution in [0.4, 0.5) is 0 Å². The first kappa shape index (κ1) is 21.3. The summed E-state index contributed by atoms with van der Waals surface area (Å²) in [7, 11) is 0. The minimum absolute atomic E-state index is 0.112. The number of carbonyl (C=O) groups excluding carboxylic acids is 1. The summed E-state index contributed by atoms with van der Waals surface area (Å²) in [5.41, 5.74) is 4.38. The van der Waals surface area contributed by atoms with Crippen LogP contribution in [0.5, 0.6) is 0 Å². The zero-order chi connectivity index (χ0) is 22.5. The molecule has 33 heavy (non-hydrogen) atoms. The highest BCUT2D eigenvalue weighted by atomic mass is 32.2. The lowest BCUT2D eigenvalue weighted by molar-refractivity contribution is -0.129. The maximum atomic E-state index is 13.4. The van der Waals surface area contributed by atoms with Gasteiger partial charge in [-0.3, -0.25) is 4.79 Å². The summed E-state index contributed by atoms with van der Waals surface area (Å²) in [6.45, 7) is 1.62. The van der Waals surface area contributed by atoms with Crippen molar-refractivity contribution in [3.63, 3.8) is 0 Å². The number of hydrogen-bond donors (Lipinski definition) is 0. The lowest BCUT2D eigenvalue weighted by atomic mass is 10.0. The van der Waals surface area contributed by atoms with E-state index in [1.807, 2.05) is 95.9 Å². The second-order valence-corrected chi connectivity index (χ2v) is 9.04. The van der Waals surface area contributed by atoms with Crippen LogP contribution in [0, 0.1) is 0 Å². The largest absolute Gasteiger partial charge is 0.341 e. The van der Waals surface area contributed by atoms with Crippen molar-refractivity contribution >= 4 is 17.7 Å². The minimum Gasteiger partial charge on any atom is -0.341 e. The van der Waals surface area contributed by atoms with Crippen LogP contribution in [-0.4, -0.2) is 39.1 Å². The molecule has 5 rings (SSSR count). The van der Waals surface area contributed by atoms with Crippen LogP contribution >= 0.6 is 11.8 Å². The maximum Gasteiger partial charge on any atom is 0.240 e. The first-order valence-corrected chi connectivity index (χ1v) is 12.0. The molecule has 6 heteroatoms. The van der Waals surface area contributed by atoms with E-state index in [1.54, 1.807) is 0 Å². The molecule has 0 saturated carbocycles. The number of carbonyl (C=O) groups is 1. The predicted octanol–water partition coefficient (Wildman–Crippen LogP) is 5.66. The Morgan fingerprint density at radius 1 is 0.727 bits per heavy atom. The molecule has 1 unspecified atom stereocenters. The summed E-state index contributed by atoms with van der Waals surface area (Å²) < 4.78 is 0. The summed E-state index contributed by atoms with van der Waals surface area (Å²) in [6, 6.07) is 29.8. The van der Waals surface area contributed by atoms with Gasteiger partial charge in [-0.15, -0.1) is 10.2 Å². The van der Waals surface area contributed by atoms with Gasteiger partial charge in [-0.25, -0.2) is 4.98 Å². The van der Waals surface area contributed by atoms with Gasteiger partial charge in [0.05, 0.1) is 0 Å². The lowest BCUT2D eigenvalue weighted by Gasteiger charge is -2.22. The predicted molar refractivity (Wildman–Crippen MR) is 132 cm³/mol.